The number of hydrogen-bond acceptors (Lipinski definition) is 4. The standard InChI is InChI=1S/C11H17N3OS/c15-6-8-1-3-14-10(5-8)12-13-11(14)9-2-4-16-7-9/h8-9,15H,1-7H2. The fraction of sp³-hybridized carbons (Fsp3) is 0.818. The van der Waals surface area contributed by atoms with Crippen molar-refractivity contribution < 1.29 is 5.11 Å². The number of aliphatic hydroxyl groups is 1. The first-order chi connectivity index (χ1) is 7.88. The van der Waals surface area contributed by atoms with E-state index < -0.39 is 0 Å². The Morgan fingerprint density at radius 3 is 3.06 bits per heavy atom. The van der Waals surface area contributed by atoms with Crippen LogP contribution in [0.25, 0.3) is 0 Å². The van der Waals surface area contributed by atoms with Crippen molar-refractivity contribution in [1.82, 2.24) is 14.8 Å². The van der Waals surface area contributed by atoms with Gasteiger partial charge in [0.05, 0.1) is 0 Å². The fourth-order valence-electron chi connectivity index (χ4n) is 2.61. The minimum atomic E-state index is 0.279. The third kappa shape index (κ3) is 1.76. The molecule has 0 aliphatic carbocycles. The van der Waals surface area contributed by atoms with Gasteiger partial charge in [0, 0.05) is 31.2 Å². The Balaban J connectivity index is 1.84. The summed E-state index contributed by atoms with van der Waals surface area (Å²) in [4.78, 5) is 0. The van der Waals surface area contributed by atoms with Crippen molar-refractivity contribution in [2.75, 3.05) is 18.1 Å². The highest BCUT2D eigenvalue weighted by molar-refractivity contribution is 7.99. The number of rotatable bonds is 2. The lowest BCUT2D eigenvalue weighted by Gasteiger charge is -2.22. The van der Waals surface area contributed by atoms with Gasteiger partial charge in [-0.2, -0.15) is 11.8 Å². The smallest absolute Gasteiger partial charge is 0.136 e. The van der Waals surface area contributed by atoms with Crippen molar-refractivity contribution in [3.8, 4) is 0 Å². The van der Waals surface area contributed by atoms with E-state index in [9.17, 15) is 5.11 Å². The molecule has 2 aliphatic heterocycles. The third-order valence-corrected chi connectivity index (χ3v) is 4.80. The van der Waals surface area contributed by atoms with Crippen LogP contribution >= 0.6 is 11.8 Å². The SMILES string of the molecule is OCC1CCn2c(nnc2C2CCSC2)C1. The lowest BCUT2D eigenvalue weighted by atomic mass is 9.98. The zero-order valence-electron chi connectivity index (χ0n) is 9.30. The van der Waals surface area contributed by atoms with Crippen molar-refractivity contribution in [3.63, 3.8) is 0 Å². The largest absolute Gasteiger partial charge is 0.396 e. The quantitative estimate of drug-likeness (QED) is 0.838. The van der Waals surface area contributed by atoms with Gasteiger partial charge in [0.2, 0.25) is 0 Å². The van der Waals surface area contributed by atoms with Crippen LogP contribution in [0, 0.1) is 5.92 Å². The summed E-state index contributed by atoms with van der Waals surface area (Å²) in [6.07, 6.45) is 3.20. The highest BCUT2D eigenvalue weighted by Gasteiger charge is 2.28. The van der Waals surface area contributed by atoms with Gasteiger partial charge in [0.1, 0.15) is 11.6 Å². The van der Waals surface area contributed by atoms with Gasteiger partial charge in [0.25, 0.3) is 0 Å². The van der Waals surface area contributed by atoms with Crippen molar-refractivity contribution in [2.45, 2.75) is 31.7 Å². The molecule has 1 N–H and O–H groups in total. The Bertz CT molecular complexity index is 373. The summed E-state index contributed by atoms with van der Waals surface area (Å²) in [6.45, 7) is 1.27. The van der Waals surface area contributed by atoms with Crippen LogP contribution in [0.5, 0.6) is 0 Å². The Morgan fingerprint density at radius 2 is 2.31 bits per heavy atom. The van der Waals surface area contributed by atoms with Crippen LogP contribution in [0.2, 0.25) is 0 Å². The molecule has 1 aromatic rings. The number of aromatic nitrogens is 3. The summed E-state index contributed by atoms with van der Waals surface area (Å²) in [5, 5.41) is 17.8. The normalized spacial score (nSPS) is 29.3. The number of hydrogen-bond donors (Lipinski definition) is 1. The molecule has 16 heavy (non-hydrogen) atoms. The summed E-state index contributed by atoms with van der Waals surface area (Å²) >= 11 is 2.02. The lowest BCUT2D eigenvalue weighted by molar-refractivity contribution is 0.198. The van der Waals surface area contributed by atoms with E-state index in [1.807, 2.05) is 11.8 Å². The monoisotopic (exact) mass is 239 g/mol. The molecule has 4 nitrogen and oxygen atoms in total. The summed E-state index contributed by atoms with van der Waals surface area (Å²) in [5.41, 5.74) is 0. The molecule has 3 rings (SSSR count). The molecule has 88 valence electrons. The zero-order valence-corrected chi connectivity index (χ0v) is 10.1. The molecule has 1 fully saturated rings. The van der Waals surface area contributed by atoms with Gasteiger partial charge in [-0.05, 0) is 24.5 Å². The molecule has 0 bridgehead atoms. The van der Waals surface area contributed by atoms with E-state index >= 15 is 0 Å². The van der Waals surface area contributed by atoms with Gasteiger partial charge in [-0.15, -0.1) is 10.2 Å². The maximum Gasteiger partial charge on any atom is 0.136 e. The van der Waals surface area contributed by atoms with E-state index in [2.05, 4.69) is 14.8 Å². The molecule has 0 saturated carbocycles. The Hall–Kier alpha value is -0.550. The molecule has 5 heteroatoms. The molecule has 3 heterocycles. The number of fused-ring (bicyclic) bond motifs is 1. The molecular weight excluding hydrogens is 222 g/mol. The van der Waals surface area contributed by atoms with E-state index in [1.165, 1.54) is 23.8 Å². The van der Waals surface area contributed by atoms with E-state index in [0.29, 0.717) is 11.8 Å². The van der Waals surface area contributed by atoms with Crippen LogP contribution in [-0.2, 0) is 13.0 Å². The summed E-state index contributed by atoms with van der Waals surface area (Å²) in [7, 11) is 0. The van der Waals surface area contributed by atoms with Gasteiger partial charge in [-0.3, -0.25) is 0 Å². The van der Waals surface area contributed by atoms with E-state index in [0.717, 1.165) is 25.2 Å². The average Bonchev–Trinajstić information content (AvgIpc) is 2.96. The average molecular weight is 239 g/mol. The molecule has 2 unspecified atom stereocenters. The maximum atomic E-state index is 9.17. The minimum Gasteiger partial charge on any atom is -0.396 e. The van der Waals surface area contributed by atoms with Gasteiger partial charge in [-0.1, -0.05) is 0 Å². The van der Waals surface area contributed by atoms with Crippen molar-refractivity contribution in [1.29, 1.82) is 0 Å². The molecule has 1 aromatic heterocycles. The van der Waals surface area contributed by atoms with Gasteiger partial charge < -0.3 is 9.67 Å². The first-order valence-corrected chi connectivity index (χ1v) is 7.14. The van der Waals surface area contributed by atoms with Crippen LogP contribution in [0.4, 0.5) is 0 Å². The van der Waals surface area contributed by atoms with Crippen LogP contribution in [0.1, 0.15) is 30.4 Å². The van der Waals surface area contributed by atoms with Crippen LogP contribution in [-0.4, -0.2) is 38.0 Å². The van der Waals surface area contributed by atoms with Gasteiger partial charge >= 0.3 is 0 Å². The van der Waals surface area contributed by atoms with E-state index in [-0.39, 0.29) is 6.61 Å². The highest BCUT2D eigenvalue weighted by atomic mass is 32.2. The van der Waals surface area contributed by atoms with Crippen LogP contribution in [0.15, 0.2) is 0 Å². The number of aliphatic hydroxyl groups excluding tert-OH is 1. The van der Waals surface area contributed by atoms with Crippen molar-refractivity contribution >= 4 is 11.8 Å². The van der Waals surface area contributed by atoms with E-state index in [1.54, 1.807) is 0 Å². The van der Waals surface area contributed by atoms with Gasteiger partial charge in [0.15, 0.2) is 0 Å². The van der Waals surface area contributed by atoms with Gasteiger partial charge in [-0.25, -0.2) is 0 Å². The number of thioether (sulfide) groups is 1. The molecule has 2 aliphatic rings. The summed E-state index contributed by atoms with van der Waals surface area (Å²) in [6, 6.07) is 0. The predicted molar refractivity (Wildman–Crippen MR) is 63.6 cm³/mol. The Labute approximate surface area is 99.4 Å². The molecular formula is C11H17N3OS. The molecule has 0 spiro atoms. The molecule has 0 amide bonds. The maximum absolute atomic E-state index is 9.17. The molecule has 0 aromatic carbocycles. The Kier molecular flexibility index (Phi) is 2.90. The molecule has 2 atom stereocenters. The second-order valence-electron chi connectivity index (χ2n) is 4.73. The van der Waals surface area contributed by atoms with Crippen LogP contribution in [0.3, 0.4) is 0 Å². The van der Waals surface area contributed by atoms with E-state index in [4.69, 9.17) is 0 Å². The first-order valence-electron chi connectivity index (χ1n) is 5.99. The van der Waals surface area contributed by atoms with Crippen molar-refractivity contribution in [3.05, 3.63) is 11.6 Å². The second kappa shape index (κ2) is 4.37. The van der Waals surface area contributed by atoms with Crippen molar-refractivity contribution in [2.24, 2.45) is 5.92 Å². The molecule has 1 saturated heterocycles. The van der Waals surface area contributed by atoms with Crippen LogP contribution < -0.4 is 0 Å². The third-order valence-electron chi connectivity index (χ3n) is 3.64. The summed E-state index contributed by atoms with van der Waals surface area (Å²) in [5.74, 6) is 5.72. The Morgan fingerprint density at radius 1 is 1.38 bits per heavy atom. The fourth-order valence-corrected chi connectivity index (χ4v) is 3.83. The summed E-state index contributed by atoms with van der Waals surface area (Å²) < 4.78 is 2.29. The highest BCUT2D eigenvalue weighted by Crippen LogP contribution is 2.33. The first kappa shape index (κ1) is 10.6. The lowest BCUT2D eigenvalue weighted by Crippen LogP contribution is -2.23. The minimum absolute atomic E-state index is 0.279. The topological polar surface area (TPSA) is 50.9 Å². The second-order valence-corrected chi connectivity index (χ2v) is 5.88. The molecule has 0 radical (unpaired) electrons. The zero-order chi connectivity index (χ0) is 11.0. The predicted octanol–water partition coefficient (Wildman–Crippen LogP) is 1.05. The number of nitrogens with zero attached hydrogens (tertiary/aromatic N) is 3.